The number of halogens is 3. The van der Waals surface area contributed by atoms with Crippen LogP contribution < -0.4 is 5.73 Å². The fourth-order valence-corrected chi connectivity index (χ4v) is 2.31. The molecule has 0 bridgehead atoms. The highest BCUT2D eigenvalue weighted by Crippen LogP contribution is 2.34. The van der Waals surface area contributed by atoms with Crippen LogP contribution in [0.25, 0.3) is 0 Å². The number of hydrogen-bond acceptors (Lipinski definition) is 4. The van der Waals surface area contributed by atoms with Crippen LogP contribution in [-0.2, 0) is 22.3 Å². The van der Waals surface area contributed by atoms with Crippen molar-refractivity contribution in [2.24, 2.45) is 5.73 Å². The van der Waals surface area contributed by atoms with Gasteiger partial charge in [-0.15, -0.1) is 11.8 Å². The van der Waals surface area contributed by atoms with Gasteiger partial charge in [-0.1, -0.05) is 6.07 Å². The Hall–Kier alpha value is -1.21. The van der Waals surface area contributed by atoms with Gasteiger partial charge in [-0.25, -0.2) is 0 Å². The van der Waals surface area contributed by atoms with Gasteiger partial charge in [0.1, 0.15) is 5.60 Å². The molecule has 0 aliphatic carbocycles. The van der Waals surface area contributed by atoms with Crippen LogP contribution in [0.15, 0.2) is 23.1 Å². The molecule has 1 rings (SSSR count). The van der Waals surface area contributed by atoms with Crippen LogP contribution in [0.4, 0.5) is 13.2 Å². The fraction of sp³-hybridized carbons (Fsp3) is 0.500. The normalized spacial score (nSPS) is 12.3. The average molecular weight is 321 g/mol. The Morgan fingerprint density at radius 1 is 1.29 bits per heavy atom. The van der Waals surface area contributed by atoms with E-state index in [1.165, 1.54) is 12.1 Å². The van der Waals surface area contributed by atoms with E-state index in [-0.39, 0.29) is 17.9 Å². The first-order valence-electron chi connectivity index (χ1n) is 6.28. The lowest BCUT2D eigenvalue weighted by atomic mass is 10.1. The van der Waals surface area contributed by atoms with E-state index >= 15 is 0 Å². The van der Waals surface area contributed by atoms with E-state index in [1.54, 1.807) is 20.8 Å². The molecule has 0 saturated carbocycles. The van der Waals surface area contributed by atoms with Crippen molar-refractivity contribution in [2.75, 3.05) is 5.75 Å². The molecule has 0 aromatic heterocycles. The minimum absolute atomic E-state index is 0.0316. The van der Waals surface area contributed by atoms with Gasteiger partial charge in [0.25, 0.3) is 0 Å². The molecule has 2 N–H and O–H groups in total. The zero-order valence-electron chi connectivity index (χ0n) is 12.1. The van der Waals surface area contributed by atoms with Crippen molar-refractivity contribution in [1.82, 2.24) is 0 Å². The van der Waals surface area contributed by atoms with Gasteiger partial charge in [0.15, 0.2) is 0 Å². The summed E-state index contributed by atoms with van der Waals surface area (Å²) < 4.78 is 43.7. The Kier molecular flexibility index (Phi) is 5.69. The summed E-state index contributed by atoms with van der Waals surface area (Å²) >= 11 is 1.00. The smallest absolute Gasteiger partial charge is 0.416 e. The van der Waals surface area contributed by atoms with Gasteiger partial charge in [-0.3, -0.25) is 4.79 Å². The molecule has 0 amide bonds. The molecule has 0 saturated heterocycles. The molecule has 0 radical (unpaired) electrons. The predicted octanol–water partition coefficient (Wildman–Crippen LogP) is 3.60. The molecule has 7 heteroatoms. The lowest BCUT2D eigenvalue weighted by Crippen LogP contribution is -2.24. The zero-order valence-corrected chi connectivity index (χ0v) is 12.9. The van der Waals surface area contributed by atoms with E-state index < -0.39 is 23.3 Å². The number of nitrogens with two attached hydrogens (primary N) is 1. The monoisotopic (exact) mass is 321 g/mol. The number of carbonyl (C=O) groups excluding carboxylic acids is 1. The lowest BCUT2D eigenvalue weighted by Gasteiger charge is -2.19. The molecule has 0 aliphatic heterocycles. The van der Waals surface area contributed by atoms with E-state index in [9.17, 15) is 18.0 Å². The molecule has 118 valence electrons. The van der Waals surface area contributed by atoms with Crippen molar-refractivity contribution >= 4 is 17.7 Å². The number of alkyl halides is 3. The molecule has 0 spiro atoms. The van der Waals surface area contributed by atoms with Crippen molar-refractivity contribution in [3.05, 3.63) is 29.3 Å². The maximum atomic E-state index is 12.9. The molecule has 21 heavy (non-hydrogen) atoms. The molecule has 0 atom stereocenters. The predicted molar refractivity (Wildman–Crippen MR) is 75.9 cm³/mol. The van der Waals surface area contributed by atoms with E-state index in [2.05, 4.69) is 0 Å². The van der Waals surface area contributed by atoms with E-state index in [0.717, 1.165) is 17.8 Å². The minimum atomic E-state index is -4.46. The van der Waals surface area contributed by atoms with E-state index in [0.29, 0.717) is 4.90 Å². The minimum Gasteiger partial charge on any atom is -0.459 e. The Labute approximate surface area is 126 Å². The van der Waals surface area contributed by atoms with Crippen molar-refractivity contribution in [2.45, 2.75) is 44.0 Å². The van der Waals surface area contributed by atoms with Gasteiger partial charge >= 0.3 is 12.1 Å². The summed E-state index contributed by atoms with van der Waals surface area (Å²) in [5, 5.41) is 0. The second-order valence-corrected chi connectivity index (χ2v) is 6.44. The number of esters is 1. The van der Waals surface area contributed by atoms with Crippen LogP contribution in [0, 0.1) is 0 Å². The molecular formula is C14H18F3NO2S. The standard InChI is InChI=1S/C14H18F3NO2S/c1-13(2,3)20-12(19)8-21-10-5-4-9(7-18)11(6-10)14(15,16)17/h4-6H,7-8,18H2,1-3H3. The lowest BCUT2D eigenvalue weighted by molar-refractivity contribution is -0.151. The average Bonchev–Trinajstić information content (AvgIpc) is 2.33. The largest absolute Gasteiger partial charge is 0.459 e. The summed E-state index contributed by atoms with van der Waals surface area (Å²) in [5.74, 6) is -0.514. The van der Waals surface area contributed by atoms with Gasteiger partial charge in [-0.2, -0.15) is 13.2 Å². The quantitative estimate of drug-likeness (QED) is 0.680. The Bertz CT molecular complexity index is 510. The summed E-state index contributed by atoms with van der Waals surface area (Å²) in [5.41, 5.74) is 3.96. The van der Waals surface area contributed by atoms with Gasteiger partial charge < -0.3 is 10.5 Å². The van der Waals surface area contributed by atoms with Crippen LogP contribution in [0.3, 0.4) is 0 Å². The maximum Gasteiger partial charge on any atom is 0.416 e. The molecule has 1 aromatic rings. The molecule has 0 unspecified atom stereocenters. The summed E-state index contributed by atoms with van der Waals surface area (Å²) in [6, 6.07) is 3.87. The van der Waals surface area contributed by atoms with Crippen LogP contribution in [0.1, 0.15) is 31.9 Å². The highest BCUT2D eigenvalue weighted by atomic mass is 32.2. The highest BCUT2D eigenvalue weighted by molar-refractivity contribution is 8.00. The van der Waals surface area contributed by atoms with Crippen molar-refractivity contribution in [1.29, 1.82) is 0 Å². The van der Waals surface area contributed by atoms with E-state index in [4.69, 9.17) is 10.5 Å². The number of ether oxygens (including phenoxy) is 1. The van der Waals surface area contributed by atoms with Crippen LogP contribution in [-0.4, -0.2) is 17.3 Å². The Morgan fingerprint density at radius 3 is 2.38 bits per heavy atom. The van der Waals surface area contributed by atoms with Crippen molar-refractivity contribution < 1.29 is 22.7 Å². The number of thioether (sulfide) groups is 1. The third kappa shape index (κ3) is 5.97. The first-order valence-corrected chi connectivity index (χ1v) is 7.26. The van der Waals surface area contributed by atoms with Gasteiger partial charge in [0.2, 0.25) is 0 Å². The second-order valence-electron chi connectivity index (χ2n) is 5.40. The molecular weight excluding hydrogens is 303 g/mol. The molecule has 0 aliphatic rings. The third-order valence-electron chi connectivity index (χ3n) is 2.38. The summed E-state index contributed by atoms with van der Waals surface area (Å²) in [6.45, 7) is 5.00. The van der Waals surface area contributed by atoms with E-state index in [1.807, 2.05) is 0 Å². The molecule has 0 fully saturated rings. The molecule has 3 nitrogen and oxygen atoms in total. The van der Waals surface area contributed by atoms with Crippen LogP contribution in [0.2, 0.25) is 0 Å². The van der Waals surface area contributed by atoms with Gasteiger partial charge in [-0.05, 0) is 38.5 Å². The Morgan fingerprint density at radius 2 is 1.90 bits per heavy atom. The van der Waals surface area contributed by atoms with Crippen molar-refractivity contribution in [3.8, 4) is 0 Å². The van der Waals surface area contributed by atoms with Gasteiger partial charge in [0.05, 0.1) is 11.3 Å². The third-order valence-corrected chi connectivity index (χ3v) is 3.35. The SMILES string of the molecule is CC(C)(C)OC(=O)CSc1ccc(CN)c(C(F)(F)F)c1. The van der Waals surface area contributed by atoms with Crippen LogP contribution >= 0.6 is 11.8 Å². The number of carbonyl (C=O) groups is 1. The Balaban J connectivity index is 2.80. The maximum absolute atomic E-state index is 12.9. The number of rotatable bonds is 4. The topological polar surface area (TPSA) is 52.3 Å². The number of benzene rings is 1. The summed E-state index contributed by atoms with van der Waals surface area (Å²) in [7, 11) is 0. The first-order chi connectivity index (χ1) is 9.53. The van der Waals surface area contributed by atoms with Gasteiger partial charge in [0, 0.05) is 11.4 Å². The second kappa shape index (κ2) is 6.70. The zero-order chi connectivity index (χ0) is 16.3. The number of hydrogen-bond donors (Lipinski definition) is 1. The van der Waals surface area contributed by atoms with Crippen molar-refractivity contribution in [3.63, 3.8) is 0 Å². The molecule has 1 aromatic carbocycles. The fourth-order valence-electron chi connectivity index (χ4n) is 1.60. The van der Waals surface area contributed by atoms with Crippen LogP contribution in [0.5, 0.6) is 0 Å². The highest BCUT2D eigenvalue weighted by Gasteiger charge is 2.33. The molecule has 0 heterocycles. The summed E-state index contributed by atoms with van der Waals surface area (Å²) in [6.07, 6.45) is -4.46. The first kappa shape index (κ1) is 17.8. The summed E-state index contributed by atoms with van der Waals surface area (Å²) in [4.78, 5) is 11.9.